The molecule has 9 nitrogen and oxygen atoms in total. The van der Waals surface area contributed by atoms with Gasteiger partial charge in [-0.1, -0.05) is 20.8 Å². The van der Waals surface area contributed by atoms with Crippen LogP contribution in [0.4, 0.5) is 0 Å². The topological polar surface area (TPSA) is 114 Å². The summed E-state index contributed by atoms with van der Waals surface area (Å²) in [6.07, 6.45) is 0.237. The summed E-state index contributed by atoms with van der Waals surface area (Å²) >= 11 is 0. The number of rotatable bonds is 8. The van der Waals surface area contributed by atoms with Crippen molar-refractivity contribution in [1.82, 2.24) is 15.5 Å². The highest BCUT2D eigenvalue weighted by molar-refractivity contribution is 6.03. The SMILES string of the molecule is CC1CC(=O)N(CCCNC(=O)CCNC(=O)[C@@H]2OC(C)(C)OCC2(C)C)C1=O. The normalized spacial score (nSPS) is 25.8. The molecular formula is C20H33N3O6. The van der Waals surface area contributed by atoms with Crippen LogP contribution >= 0.6 is 0 Å². The molecule has 4 amide bonds. The molecule has 2 aliphatic heterocycles. The van der Waals surface area contributed by atoms with E-state index >= 15 is 0 Å². The Balaban J connectivity index is 1.65. The summed E-state index contributed by atoms with van der Waals surface area (Å²) in [4.78, 5) is 49.2. The minimum absolute atomic E-state index is 0.136. The molecule has 0 bridgehead atoms. The summed E-state index contributed by atoms with van der Waals surface area (Å²) < 4.78 is 11.4. The van der Waals surface area contributed by atoms with Crippen molar-refractivity contribution in [2.24, 2.45) is 11.3 Å². The zero-order chi connectivity index (χ0) is 21.8. The van der Waals surface area contributed by atoms with Crippen LogP contribution in [0.3, 0.4) is 0 Å². The van der Waals surface area contributed by atoms with Gasteiger partial charge in [0.05, 0.1) is 6.61 Å². The Kier molecular flexibility index (Phi) is 7.40. The fourth-order valence-electron chi connectivity index (χ4n) is 3.35. The first kappa shape index (κ1) is 23.3. The van der Waals surface area contributed by atoms with E-state index in [1.165, 1.54) is 4.90 Å². The minimum atomic E-state index is -0.829. The fraction of sp³-hybridized carbons (Fsp3) is 0.800. The lowest BCUT2D eigenvalue weighted by Gasteiger charge is -2.44. The Morgan fingerprint density at radius 1 is 1.14 bits per heavy atom. The van der Waals surface area contributed by atoms with Crippen LogP contribution in [-0.2, 0) is 28.7 Å². The quantitative estimate of drug-likeness (QED) is 0.446. The second-order valence-corrected chi connectivity index (χ2v) is 8.91. The highest BCUT2D eigenvalue weighted by atomic mass is 16.7. The highest BCUT2D eigenvalue weighted by Gasteiger charge is 2.45. The van der Waals surface area contributed by atoms with E-state index < -0.39 is 17.3 Å². The molecule has 0 aromatic rings. The molecule has 2 atom stereocenters. The number of ether oxygens (including phenoxy) is 2. The molecule has 1 unspecified atom stereocenters. The van der Waals surface area contributed by atoms with E-state index in [1.807, 2.05) is 13.8 Å². The number of amides is 4. The van der Waals surface area contributed by atoms with Gasteiger partial charge in [-0.15, -0.1) is 0 Å². The molecule has 0 aliphatic carbocycles. The first-order valence-corrected chi connectivity index (χ1v) is 10.1. The van der Waals surface area contributed by atoms with Gasteiger partial charge in [0.15, 0.2) is 5.79 Å². The van der Waals surface area contributed by atoms with E-state index in [0.29, 0.717) is 26.1 Å². The summed E-state index contributed by atoms with van der Waals surface area (Å²) in [6.45, 7) is 10.3. The third kappa shape index (κ3) is 6.24. The lowest BCUT2D eigenvalue weighted by atomic mass is 9.85. The van der Waals surface area contributed by atoms with E-state index in [2.05, 4.69) is 10.6 Å². The van der Waals surface area contributed by atoms with Crippen LogP contribution in [0.15, 0.2) is 0 Å². The molecule has 29 heavy (non-hydrogen) atoms. The maximum absolute atomic E-state index is 12.5. The van der Waals surface area contributed by atoms with Gasteiger partial charge in [0.25, 0.3) is 0 Å². The molecule has 0 aromatic heterocycles. The summed E-state index contributed by atoms with van der Waals surface area (Å²) in [5.74, 6) is -1.85. The molecule has 2 saturated heterocycles. The van der Waals surface area contributed by atoms with Crippen molar-refractivity contribution in [3.63, 3.8) is 0 Å². The third-order valence-corrected chi connectivity index (χ3v) is 5.14. The minimum Gasteiger partial charge on any atom is -0.356 e. The second-order valence-electron chi connectivity index (χ2n) is 8.91. The van der Waals surface area contributed by atoms with Crippen LogP contribution in [-0.4, -0.2) is 66.7 Å². The van der Waals surface area contributed by atoms with Gasteiger partial charge in [0, 0.05) is 43.8 Å². The molecule has 0 aromatic carbocycles. The molecule has 0 saturated carbocycles. The molecule has 2 heterocycles. The van der Waals surface area contributed by atoms with E-state index in [1.54, 1.807) is 20.8 Å². The summed E-state index contributed by atoms with van der Waals surface area (Å²) in [5, 5.41) is 5.49. The van der Waals surface area contributed by atoms with Crippen molar-refractivity contribution >= 4 is 23.6 Å². The molecule has 2 N–H and O–H groups in total. The third-order valence-electron chi connectivity index (χ3n) is 5.14. The van der Waals surface area contributed by atoms with Gasteiger partial charge >= 0.3 is 0 Å². The Hall–Kier alpha value is -2.00. The zero-order valence-electron chi connectivity index (χ0n) is 18.0. The fourth-order valence-corrected chi connectivity index (χ4v) is 3.35. The highest BCUT2D eigenvalue weighted by Crippen LogP contribution is 2.34. The van der Waals surface area contributed by atoms with E-state index in [0.717, 1.165) is 0 Å². The summed E-state index contributed by atoms with van der Waals surface area (Å²) in [5.41, 5.74) is -0.468. The van der Waals surface area contributed by atoms with Crippen LogP contribution in [0.5, 0.6) is 0 Å². The maximum atomic E-state index is 12.5. The largest absolute Gasteiger partial charge is 0.356 e. The Bertz CT molecular complexity index is 661. The van der Waals surface area contributed by atoms with Crippen molar-refractivity contribution < 1.29 is 28.7 Å². The van der Waals surface area contributed by atoms with Crippen molar-refractivity contribution in [2.75, 3.05) is 26.2 Å². The number of carbonyl (C=O) groups excluding carboxylic acids is 4. The number of hydrogen-bond acceptors (Lipinski definition) is 6. The van der Waals surface area contributed by atoms with Gasteiger partial charge < -0.3 is 20.1 Å². The number of imide groups is 1. The molecular weight excluding hydrogens is 378 g/mol. The van der Waals surface area contributed by atoms with Crippen LogP contribution < -0.4 is 10.6 Å². The van der Waals surface area contributed by atoms with Crippen molar-refractivity contribution in [2.45, 2.75) is 65.8 Å². The summed E-state index contributed by atoms with van der Waals surface area (Å²) in [7, 11) is 0. The molecule has 2 rings (SSSR count). The van der Waals surface area contributed by atoms with Gasteiger partial charge in [-0.05, 0) is 20.3 Å². The van der Waals surface area contributed by atoms with Crippen LogP contribution in [0.25, 0.3) is 0 Å². The average Bonchev–Trinajstić information content (AvgIpc) is 2.86. The van der Waals surface area contributed by atoms with Crippen molar-refractivity contribution in [1.29, 1.82) is 0 Å². The first-order valence-electron chi connectivity index (χ1n) is 10.1. The molecule has 0 radical (unpaired) electrons. The van der Waals surface area contributed by atoms with E-state index in [4.69, 9.17) is 9.47 Å². The van der Waals surface area contributed by atoms with Crippen LogP contribution in [0.2, 0.25) is 0 Å². The smallest absolute Gasteiger partial charge is 0.249 e. The van der Waals surface area contributed by atoms with Crippen molar-refractivity contribution in [3.05, 3.63) is 0 Å². The standard InChI is InChI=1S/C20H33N3O6/c1-13-11-15(25)23(18(13)27)10-6-8-21-14(24)7-9-22-17(26)16-19(2,3)12-28-20(4,5)29-16/h13,16H,6-12H2,1-5H3,(H,21,24)(H,22,26)/t13?,16-/m0/s1. The van der Waals surface area contributed by atoms with E-state index in [9.17, 15) is 19.2 Å². The van der Waals surface area contributed by atoms with Crippen LogP contribution in [0, 0.1) is 11.3 Å². The van der Waals surface area contributed by atoms with Gasteiger partial charge in [-0.25, -0.2) is 0 Å². The molecule has 0 spiro atoms. The predicted octanol–water partition coefficient (Wildman–Crippen LogP) is 0.572. The number of nitrogens with one attached hydrogen (secondary N) is 2. The number of likely N-dealkylation sites (tertiary alicyclic amines) is 1. The molecule has 164 valence electrons. The number of hydrogen-bond donors (Lipinski definition) is 2. The lowest BCUT2D eigenvalue weighted by Crippen LogP contribution is -2.56. The van der Waals surface area contributed by atoms with Crippen LogP contribution in [0.1, 0.15) is 53.9 Å². The Morgan fingerprint density at radius 2 is 1.83 bits per heavy atom. The monoisotopic (exact) mass is 411 g/mol. The lowest BCUT2D eigenvalue weighted by molar-refractivity contribution is -0.304. The molecule has 2 aliphatic rings. The maximum Gasteiger partial charge on any atom is 0.249 e. The molecule has 9 heteroatoms. The zero-order valence-corrected chi connectivity index (χ0v) is 18.0. The number of nitrogens with zero attached hydrogens (tertiary/aromatic N) is 1. The Morgan fingerprint density at radius 3 is 2.45 bits per heavy atom. The average molecular weight is 411 g/mol. The van der Waals surface area contributed by atoms with Gasteiger partial charge in [-0.3, -0.25) is 24.1 Å². The Labute approximate surface area is 171 Å². The second kappa shape index (κ2) is 9.21. The predicted molar refractivity (Wildman–Crippen MR) is 104 cm³/mol. The van der Waals surface area contributed by atoms with E-state index in [-0.39, 0.29) is 48.9 Å². The number of carbonyl (C=O) groups is 4. The first-order chi connectivity index (χ1) is 13.4. The van der Waals surface area contributed by atoms with Gasteiger partial charge in [-0.2, -0.15) is 0 Å². The van der Waals surface area contributed by atoms with Crippen molar-refractivity contribution in [3.8, 4) is 0 Å². The van der Waals surface area contributed by atoms with Gasteiger partial charge in [0.1, 0.15) is 6.10 Å². The van der Waals surface area contributed by atoms with Gasteiger partial charge in [0.2, 0.25) is 23.6 Å². The summed E-state index contributed by atoms with van der Waals surface area (Å²) in [6, 6.07) is 0. The molecule has 2 fully saturated rings.